The Bertz CT molecular complexity index is 1020. The predicted octanol–water partition coefficient (Wildman–Crippen LogP) is 4.18. The molecular formula is C21H19ClN4O2S. The van der Waals surface area contributed by atoms with E-state index in [4.69, 9.17) is 11.6 Å². The third-order valence-electron chi connectivity index (χ3n) is 4.81. The van der Waals surface area contributed by atoms with Crippen LogP contribution in [0.4, 0.5) is 5.13 Å². The summed E-state index contributed by atoms with van der Waals surface area (Å²) in [6.07, 6.45) is 5.96. The highest BCUT2D eigenvalue weighted by Crippen LogP contribution is 2.37. The number of amides is 2. The zero-order valence-corrected chi connectivity index (χ0v) is 17.1. The second-order valence-corrected chi connectivity index (χ2v) is 8.33. The molecule has 6 nitrogen and oxygen atoms in total. The molecule has 0 unspecified atom stereocenters. The van der Waals surface area contributed by atoms with E-state index in [0.29, 0.717) is 22.3 Å². The van der Waals surface area contributed by atoms with Gasteiger partial charge < -0.3 is 5.32 Å². The lowest BCUT2D eigenvalue weighted by Crippen LogP contribution is -2.31. The molecular weight excluding hydrogens is 408 g/mol. The Hall–Kier alpha value is -2.77. The topological polar surface area (TPSA) is 84.0 Å². The van der Waals surface area contributed by atoms with E-state index in [-0.39, 0.29) is 17.7 Å². The summed E-state index contributed by atoms with van der Waals surface area (Å²) < 4.78 is 0. The predicted molar refractivity (Wildman–Crippen MR) is 113 cm³/mol. The monoisotopic (exact) mass is 426 g/mol. The number of carbonyl (C=O) groups is 2. The van der Waals surface area contributed by atoms with Crippen LogP contribution in [-0.2, 0) is 17.8 Å². The third-order valence-corrected chi connectivity index (χ3v) is 6.11. The average molecular weight is 427 g/mol. The molecule has 0 spiro atoms. The summed E-state index contributed by atoms with van der Waals surface area (Å²) in [6, 6.07) is 10.4. The van der Waals surface area contributed by atoms with Gasteiger partial charge in [-0.25, -0.2) is 4.98 Å². The molecule has 8 heteroatoms. The maximum atomic E-state index is 12.8. The maximum Gasteiger partial charge on any atom is 0.257 e. The van der Waals surface area contributed by atoms with Gasteiger partial charge in [0.25, 0.3) is 5.91 Å². The maximum absolute atomic E-state index is 12.8. The number of fused-ring (bicyclic) bond motifs is 1. The van der Waals surface area contributed by atoms with Crippen LogP contribution in [0.5, 0.6) is 0 Å². The standard InChI is InChI=1S/C21H19ClN4O2S/c22-15-6-4-14(5-7-15)19(27)26-21-25-18-16(2-1-3-17(18)29-21)20(28)24-12-13-8-10-23-11-9-13/h4-11,16H,1-3,12H2,(H,24,28)(H,25,26,27)/t16-/m0/s1. The van der Waals surface area contributed by atoms with E-state index in [2.05, 4.69) is 20.6 Å². The number of benzene rings is 1. The van der Waals surface area contributed by atoms with Gasteiger partial charge in [0, 0.05) is 34.4 Å². The van der Waals surface area contributed by atoms with E-state index in [1.165, 1.54) is 11.3 Å². The lowest BCUT2D eigenvalue weighted by molar-refractivity contribution is -0.123. The van der Waals surface area contributed by atoms with Crippen LogP contribution < -0.4 is 10.6 Å². The number of aryl methyl sites for hydroxylation is 1. The lowest BCUT2D eigenvalue weighted by atomic mass is 9.90. The van der Waals surface area contributed by atoms with Crippen LogP contribution in [0, 0.1) is 0 Å². The molecule has 1 aliphatic rings. The van der Waals surface area contributed by atoms with Crippen molar-refractivity contribution in [3.8, 4) is 0 Å². The molecule has 2 N–H and O–H groups in total. The normalized spacial score (nSPS) is 15.4. The quantitative estimate of drug-likeness (QED) is 0.641. The van der Waals surface area contributed by atoms with Gasteiger partial charge in [0.1, 0.15) is 0 Å². The Morgan fingerprint density at radius 1 is 1.14 bits per heavy atom. The highest BCUT2D eigenvalue weighted by atomic mass is 35.5. The van der Waals surface area contributed by atoms with E-state index in [9.17, 15) is 9.59 Å². The average Bonchev–Trinajstić information content (AvgIpc) is 3.15. The minimum absolute atomic E-state index is 0.0383. The first-order valence-electron chi connectivity index (χ1n) is 9.33. The summed E-state index contributed by atoms with van der Waals surface area (Å²) >= 11 is 7.31. The van der Waals surface area contributed by atoms with Gasteiger partial charge in [-0.2, -0.15) is 0 Å². The number of hydrogen-bond acceptors (Lipinski definition) is 5. The molecule has 4 rings (SSSR count). The summed E-state index contributed by atoms with van der Waals surface area (Å²) in [5.74, 6) is -0.576. The summed E-state index contributed by atoms with van der Waals surface area (Å²) in [5.41, 5.74) is 2.28. The number of anilines is 1. The van der Waals surface area contributed by atoms with Crippen molar-refractivity contribution in [1.82, 2.24) is 15.3 Å². The van der Waals surface area contributed by atoms with Gasteiger partial charge in [0.2, 0.25) is 5.91 Å². The molecule has 0 fully saturated rings. The van der Waals surface area contributed by atoms with Crippen LogP contribution >= 0.6 is 22.9 Å². The number of aromatic nitrogens is 2. The Labute approximate surface area is 177 Å². The molecule has 3 aromatic rings. The molecule has 1 aromatic carbocycles. The number of nitrogens with one attached hydrogen (secondary N) is 2. The zero-order chi connectivity index (χ0) is 20.2. The van der Waals surface area contributed by atoms with Crippen molar-refractivity contribution in [3.63, 3.8) is 0 Å². The van der Waals surface area contributed by atoms with Gasteiger partial charge in [0.05, 0.1) is 11.6 Å². The summed E-state index contributed by atoms with van der Waals surface area (Å²) in [4.78, 5) is 34.8. The fourth-order valence-corrected chi connectivity index (χ4v) is 4.50. The van der Waals surface area contributed by atoms with Crippen molar-refractivity contribution >= 4 is 39.9 Å². The van der Waals surface area contributed by atoms with Crippen LogP contribution in [0.2, 0.25) is 5.02 Å². The fourth-order valence-electron chi connectivity index (χ4n) is 3.31. The van der Waals surface area contributed by atoms with E-state index in [1.54, 1.807) is 36.7 Å². The SMILES string of the molecule is O=C(Nc1nc2c(s1)CCC[C@@H]2C(=O)NCc1ccncc1)c1ccc(Cl)cc1. The Kier molecular flexibility index (Phi) is 5.87. The van der Waals surface area contributed by atoms with Crippen molar-refractivity contribution in [1.29, 1.82) is 0 Å². The second-order valence-electron chi connectivity index (χ2n) is 6.81. The molecule has 1 atom stereocenters. The molecule has 1 aliphatic carbocycles. The van der Waals surface area contributed by atoms with Crippen molar-refractivity contribution in [3.05, 3.63) is 75.5 Å². The van der Waals surface area contributed by atoms with E-state index < -0.39 is 0 Å². The van der Waals surface area contributed by atoms with Gasteiger partial charge in [-0.15, -0.1) is 11.3 Å². The second kappa shape index (κ2) is 8.71. The van der Waals surface area contributed by atoms with Crippen molar-refractivity contribution in [2.45, 2.75) is 31.7 Å². The van der Waals surface area contributed by atoms with E-state index in [1.807, 2.05) is 12.1 Å². The van der Waals surface area contributed by atoms with Gasteiger partial charge >= 0.3 is 0 Å². The number of pyridine rings is 1. The molecule has 0 bridgehead atoms. The van der Waals surface area contributed by atoms with Crippen LogP contribution in [0.1, 0.15) is 45.3 Å². The number of hydrogen-bond donors (Lipinski definition) is 2. The minimum Gasteiger partial charge on any atom is -0.351 e. The van der Waals surface area contributed by atoms with Crippen molar-refractivity contribution < 1.29 is 9.59 Å². The Morgan fingerprint density at radius 3 is 2.66 bits per heavy atom. The van der Waals surface area contributed by atoms with E-state index >= 15 is 0 Å². The molecule has 29 heavy (non-hydrogen) atoms. The lowest BCUT2D eigenvalue weighted by Gasteiger charge is -2.20. The molecule has 148 valence electrons. The number of carbonyl (C=O) groups excluding carboxylic acids is 2. The van der Waals surface area contributed by atoms with Gasteiger partial charge in [0.15, 0.2) is 5.13 Å². The molecule has 2 amide bonds. The summed E-state index contributed by atoms with van der Waals surface area (Å²) in [7, 11) is 0. The largest absolute Gasteiger partial charge is 0.351 e. The van der Waals surface area contributed by atoms with Crippen LogP contribution in [0.3, 0.4) is 0 Å². The number of rotatable bonds is 5. The van der Waals surface area contributed by atoms with Crippen LogP contribution in [-0.4, -0.2) is 21.8 Å². The van der Waals surface area contributed by atoms with Gasteiger partial charge in [-0.1, -0.05) is 11.6 Å². The molecule has 2 aromatic heterocycles. The first-order chi connectivity index (χ1) is 14.1. The highest BCUT2D eigenvalue weighted by molar-refractivity contribution is 7.16. The van der Waals surface area contributed by atoms with Crippen LogP contribution in [0.25, 0.3) is 0 Å². The third kappa shape index (κ3) is 4.63. The van der Waals surface area contributed by atoms with Crippen LogP contribution in [0.15, 0.2) is 48.8 Å². The van der Waals surface area contributed by atoms with Gasteiger partial charge in [-0.3, -0.25) is 19.9 Å². The van der Waals surface area contributed by atoms with Crippen molar-refractivity contribution in [2.75, 3.05) is 5.32 Å². The van der Waals surface area contributed by atoms with Gasteiger partial charge in [-0.05, 0) is 61.2 Å². The fraction of sp³-hybridized carbons (Fsp3) is 0.238. The minimum atomic E-state index is -0.293. The zero-order valence-electron chi connectivity index (χ0n) is 15.5. The first-order valence-corrected chi connectivity index (χ1v) is 10.5. The smallest absolute Gasteiger partial charge is 0.257 e. The Morgan fingerprint density at radius 2 is 1.90 bits per heavy atom. The van der Waals surface area contributed by atoms with E-state index in [0.717, 1.165) is 35.4 Å². The molecule has 2 heterocycles. The molecule has 0 radical (unpaired) electrons. The summed E-state index contributed by atoms with van der Waals surface area (Å²) in [5, 5.41) is 6.92. The first kappa shape index (κ1) is 19.5. The van der Waals surface area contributed by atoms with Crippen molar-refractivity contribution in [2.24, 2.45) is 0 Å². The molecule has 0 aliphatic heterocycles. The summed E-state index contributed by atoms with van der Waals surface area (Å²) in [6.45, 7) is 0.456. The number of halogens is 1. The number of nitrogens with zero attached hydrogens (tertiary/aromatic N) is 2. The molecule has 0 saturated carbocycles. The number of thiazole rings is 1. The highest BCUT2D eigenvalue weighted by Gasteiger charge is 2.30. The Balaban J connectivity index is 1.45. The molecule has 0 saturated heterocycles.